The van der Waals surface area contributed by atoms with Crippen LogP contribution in [0.1, 0.15) is 25.0 Å². The van der Waals surface area contributed by atoms with E-state index < -0.39 is 0 Å². The molecule has 2 aromatic heterocycles. The van der Waals surface area contributed by atoms with Gasteiger partial charge in [-0.25, -0.2) is 15.0 Å². The highest BCUT2D eigenvalue weighted by molar-refractivity contribution is 6.13. The molecule has 9 rings (SSSR count). The van der Waals surface area contributed by atoms with Gasteiger partial charge in [0.05, 0.1) is 0 Å². The fourth-order valence-electron chi connectivity index (χ4n) is 7.01. The molecule has 46 heavy (non-hydrogen) atoms. The molecule has 2 heterocycles. The molecule has 0 radical (unpaired) electrons. The second kappa shape index (κ2) is 10.1. The van der Waals surface area contributed by atoms with E-state index in [2.05, 4.69) is 92.7 Å². The second-order valence-corrected chi connectivity index (χ2v) is 12.5. The molecule has 0 saturated carbocycles. The van der Waals surface area contributed by atoms with Crippen LogP contribution in [0.15, 0.2) is 144 Å². The van der Waals surface area contributed by atoms with Crippen molar-refractivity contribution in [1.29, 1.82) is 0 Å². The number of nitrogens with zero attached hydrogens (tertiary/aromatic N) is 3. The van der Waals surface area contributed by atoms with Gasteiger partial charge in [0.1, 0.15) is 11.2 Å². The number of benzene rings is 6. The van der Waals surface area contributed by atoms with Crippen molar-refractivity contribution in [2.45, 2.75) is 19.3 Å². The number of hydrogen-bond acceptors (Lipinski definition) is 4. The van der Waals surface area contributed by atoms with Crippen LogP contribution in [0.4, 0.5) is 0 Å². The first-order valence-electron chi connectivity index (χ1n) is 15.6. The Morgan fingerprint density at radius 1 is 0.435 bits per heavy atom. The molecule has 8 aromatic rings. The molecule has 1 aliphatic carbocycles. The average Bonchev–Trinajstić information content (AvgIpc) is 3.60. The van der Waals surface area contributed by atoms with Gasteiger partial charge in [-0.2, -0.15) is 0 Å². The largest absolute Gasteiger partial charge is 0.456 e. The van der Waals surface area contributed by atoms with Crippen LogP contribution in [-0.2, 0) is 5.41 Å². The minimum Gasteiger partial charge on any atom is -0.456 e. The molecule has 0 atom stereocenters. The van der Waals surface area contributed by atoms with Crippen molar-refractivity contribution in [3.8, 4) is 56.4 Å². The molecule has 6 aromatic carbocycles. The quantitative estimate of drug-likeness (QED) is 0.204. The maximum Gasteiger partial charge on any atom is 0.164 e. The highest BCUT2D eigenvalue weighted by Gasteiger charge is 2.35. The summed E-state index contributed by atoms with van der Waals surface area (Å²) in [7, 11) is 0. The van der Waals surface area contributed by atoms with Gasteiger partial charge >= 0.3 is 0 Å². The summed E-state index contributed by atoms with van der Waals surface area (Å²) in [6.45, 7) is 4.65. The summed E-state index contributed by atoms with van der Waals surface area (Å²) in [6, 6.07) is 48.4. The van der Waals surface area contributed by atoms with Crippen LogP contribution in [0.25, 0.3) is 78.4 Å². The SMILES string of the molecule is CC1(C)c2ccccc2-c2ccc(-c3cccc4oc5cc(-c6nc(-c7ccccc7)nc(-c7ccccc7)n6)ccc5c34)cc21. The minimum atomic E-state index is -0.0645. The molecule has 0 bridgehead atoms. The summed E-state index contributed by atoms with van der Waals surface area (Å²) in [5.41, 5.74) is 12.1. The molecule has 218 valence electrons. The number of hydrogen-bond donors (Lipinski definition) is 0. The lowest BCUT2D eigenvalue weighted by Gasteiger charge is -2.22. The Hall–Kier alpha value is -5.87. The normalized spacial score (nSPS) is 13.2. The van der Waals surface area contributed by atoms with Gasteiger partial charge in [0.2, 0.25) is 0 Å². The average molecular weight is 592 g/mol. The van der Waals surface area contributed by atoms with Crippen molar-refractivity contribution < 1.29 is 4.42 Å². The third-order valence-electron chi connectivity index (χ3n) is 9.35. The third kappa shape index (κ3) is 4.11. The monoisotopic (exact) mass is 591 g/mol. The zero-order valence-corrected chi connectivity index (χ0v) is 25.5. The van der Waals surface area contributed by atoms with Crippen LogP contribution in [0.5, 0.6) is 0 Å². The van der Waals surface area contributed by atoms with E-state index >= 15 is 0 Å². The zero-order valence-electron chi connectivity index (χ0n) is 25.5. The van der Waals surface area contributed by atoms with E-state index in [9.17, 15) is 0 Å². The Labute approximate surface area is 267 Å². The molecule has 0 N–H and O–H groups in total. The Bertz CT molecular complexity index is 2380. The van der Waals surface area contributed by atoms with Crippen LogP contribution >= 0.6 is 0 Å². The van der Waals surface area contributed by atoms with Crippen LogP contribution in [0.2, 0.25) is 0 Å². The van der Waals surface area contributed by atoms with E-state index in [0.717, 1.165) is 44.2 Å². The van der Waals surface area contributed by atoms with Gasteiger partial charge in [0, 0.05) is 32.9 Å². The van der Waals surface area contributed by atoms with E-state index in [0.29, 0.717) is 17.5 Å². The summed E-state index contributed by atoms with van der Waals surface area (Å²) in [4.78, 5) is 14.7. The van der Waals surface area contributed by atoms with Crippen molar-refractivity contribution in [3.05, 3.63) is 151 Å². The Kier molecular flexibility index (Phi) is 5.81. The number of furan rings is 1. The predicted octanol–water partition coefficient (Wildman–Crippen LogP) is 10.7. The molecular formula is C42H29N3O. The molecule has 0 fully saturated rings. The number of fused-ring (bicyclic) bond motifs is 6. The molecule has 1 aliphatic rings. The Morgan fingerprint density at radius 3 is 1.74 bits per heavy atom. The van der Waals surface area contributed by atoms with Crippen LogP contribution in [0, 0.1) is 0 Å². The van der Waals surface area contributed by atoms with Crippen molar-refractivity contribution in [3.63, 3.8) is 0 Å². The second-order valence-electron chi connectivity index (χ2n) is 12.5. The molecule has 0 amide bonds. The van der Waals surface area contributed by atoms with Gasteiger partial charge in [0.15, 0.2) is 17.5 Å². The maximum atomic E-state index is 6.52. The van der Waals surface area contributed by atoms with Crippen molar-refractivity contribution in [2.24, 2.45) is 0 Å². The summed E-state index contributed by atoms with van der Waals surface area (Å²) in [5, 5.41) is 2.18. The Morgan fingerprint density at radius 2 is 1.02 bits per heavy atom. The molecule has 0 unspecified atom stereocenters. The fraction of sp³-hybridized carbons (Fsp3) is 0.0714. The standard InChI is InChI=1S/C42H29N3O/c1-42(2)34-18-10-9-16-31(34)32-22-20-28(24-35(32)42)30-17-11-19-36-38(30)33-23-21-29(25-37(33)46-36)41-44-39(26-12-5-3-6-13-26)43-40(45-41)27-14-7-4-8-15-27/h3-25H,1-2H3. The highest BCUT2D eigenvalue weighted by Crippen LogP contribution is 2.50. The highest BCUT2D eigenvalue weighted by atomic mass is 16.3. The van der Waals surface area contributed by atoms with E-state index in [1.54, 1.807) is 0 Å². The molecular weight excluding hydrogens is 562 g/mol. The summed E-state index contributed by atoms with van der Waals surface area (Å²) in [5.74, 6) is 1.88. The fourth-order valence-corrected chi connectivity index (χ4v) is 7.01. The first-order chi connectivity index (χ1) is 22.5. The summed E-state index contributed by atoms with van der Waals surface area (Å²) >= 11 is 0. The molecule has 0 aliphatic heterocycles. The lowest BCUT2D eigenvalue weighted by molar-refractivity contribution is 0.660. The topological polar surface area (TPSA) is 51.8 Å². The van der Waals surface area contributed by atoms with Crippen molar-refractivity contribution in [2.75, 3.05) is 0 Å². The van der Waals surface area contributed by atoms with Crippen molar-refractivity contribution in [1.82, 2.24) is 15.0 Å². The maximum absolute atomic E-state index is 6.52. The zero-order chi connectivity index (χ0) is 30.8. The van der Waals surface area contributed by atoms with Gasteiger partial charge < -0.3 is 4.42 Å². The van der Waals surface area contributed by atoms with E-state index in [1.165, 1.54) is 27.8 Å². The van der Waals surface area contributed by atoms with Crippen LogP contribution in [0.3, 0.4) is 0 Å². The summed E-state index contributed by atoms with van der Waals surface area (Å²) in [6.07, 6.45) is 0. The van der Waals surface area contributed by atoms with E-state index in [-0.39, 0.29) is 5.41 Å². The number of aromatic nitrogens is 3. The summed E-state index contributed by atoms with van der Waals surface area (Å²) < 4.78 is 6.52. The lowest BCUT2D eigenvalue weighted by Crippen LogP contribution is -2.14. The minimum absolute atomic E-state index is 0.0645. The van der Waals surface area contributed by atoms with Gasteiger partial charge in [0.25, 0.3) is 0 Å². The van der Waals surface area contributed by atoms with Crippen LogP contribution in [-0.4, -0.2) is 15.0 Å². The smallest absolute Gasteiger partial charge is 0.164 e. The molecule has 0 saturated heterocycles. The molecule has 0 spiro atoms. The van der Waals surface area contributed by atoms with Gasteiger partial charge in [-0.1, -0.05) is 129 Å². The van der Waals surface area contributed by atoms with Crippen molar-refractivity contribution >= 4 is 21.9 Å². The van der Waals surface area contributed by atoms with Gasteiger partial charge in [-0.15, -0.1) is 0 Å². The van der Waals surface area contributed by atoms with E-state index in [4.69, 9.17) is 19.4 Å². The molecule has 4 heteroatoms. The van der Waals surface area contributed by atoms with Crippen LogP contribution < -0.4 is 0 Å². The van der Waals surface area contributed by atoms with Gasteiger partial charge in [-0.3, -0.25) is 0 Å². The third-order valence-corrected chi connectivity index (χ3v) is 9.35. The predicted molar refractivity (Wildman–Crippen MR) is 186 cm³/mol. The van der Waals surface area contributed by atoms with E-state index in [1.807, 2.05) is 60.7 Å². The Balaban J connectivity index is 1.18. The lowest BCUT2D eigenvalue weighted by atomic mass is 9.81. The van der Waals surface area contributed by atoms with Gasteiger partial charge in [-0.05, 0) is 57.6 Å². The number of rotatable bonds is 4. The first kappa shape index (κ1) is 26.5. The first-order valence-corrected chi connectivity index (χ1v) is 15.6. The molecule has 4 nitrogen and oxygen atoms in total.